The maximum absolute atomic E-state index is 13.8. The van der Waals surface area contributed by atoms with E-state index in [4.69, 9.17) is 22.3 Å². The van der Waals surface area contributed by atoms with Crippen LogP contribution in [0.1, 0.15) is 56.0 Å². The molecule has 9 nitrogen and oxygen atoms in total. The van der Waals surface area contributed by atoms with Crippen LogP contribution in [-0.2, 0) is 6.61 Å². The Morgan fingerprint density at radius 3 is 2.74 bits per heavy atom. The lowest BCUT2D eigenvalue weighted by atomic mass is 10.1. The number of nitrogens with two attached hydrogens (primary N) is 1. The molecule has 3 heterocycles. The number of aliphatic hydroxyl groups is 1. The van der Waals surface area contributed by atoms with Gasteiger partial charge in [0.05, 0.1) is 34.3 Å². The topological polar surface area (TPSA) is 132 Å². The Hall–Kier alpha value is -4.52. The van der Waals surface area contributed by atoms with Crippen LogP contribution in [0.2, 0.25) is 5.02 Å². The molecule has 0 aliphatic carbocycles. The van der Waals surface area contributed by atoms with Crippen LogP contribution in [-0.4, -0.2) is 29.6 Å². The summed E-state index contributed by atoms with van der Waals surface area (Å²) in [5.41, 5.74) is 8.50. The molecule has 0 spiro atoms. The number of hydrogen-bond donors (Lipinski definition) is 3. The molecule has 1 aromatic carbocycles. The van der Waals surface area contributed by atoms with E-state index in [-0.39, 0.29) is 18.0 Å². The Morgan fingerprint density at radius 2 is 2.00 bits per heavy atom. The van der Waals surface area contributed by atoms with Crippen molar-refractivity contribution in [3.05, 3.63) is 99.1 Å². The van der Waals surface area contributed by atoms with Crippen LogP contribution < -0.4 is 16.6 Å². The summed E-state index contributed by atoms with van der Waals surface area (Å²) in [5, 5.41) is 13.4. The van der Waals surface area contributed by atoms with Crippen molar-refractivity contribution in [3.63, 3.8) is 0 Å². The van der Waals surface area contributed by atoms with E-state index in [1.54, 1.807) is 41.0 Å². The van der Waals surface area contributed by atoms with Gasteiger partial charge in [-0.05, 0) is 56.5 Å². The van der Waals surface area contributed by atoms with Crippen molar-refractivity contribution in [3.8, 4) is 11.8 Å². The number of allylic oxidation sites excluding steroid dienone is 4. The first-order valence-electron chi connectivity index (χ1n) is 12.4. The Morgan fingerprint density at radius 1 is 1.21 bits per heavy atom. The van der Waals surface area contributed by atoms with Gasteiger partial charge in [-0.25, -0.2) is 19.9 Å². The monoisotopic (exact) mass is 541 g/mol. The van der Waals surface area contributed by atoms with Crippen LogP contribution in [0.4, 0.5) is 11.6 Å². The van der Waals surface area contributed by atoms with E-state index in [0.29, 0.717) is 50.9 Å². The first kappa shape index (κ1) is 27.5. The van der Waals surface area contributed by atoms with E-state index < -0.39 is 6.04 Å². The minimum Gasteiger partial charge on any atom is -0.390 e. The Balaban J connectivity index is 1.83. The lowest BCUT2D eigenvalue weighted by Gasteiger charge is -2.22. The standard InChI is InChI=1S/C29H28ClN7O2/c1-4-6-11-21(5-2)37-28(36-24-13-8-12-23(30)25(24)29(37)39)18(3)34-27-22(26(31)32-17-33-27)15-14-19-9-7-10-20(16-38)35-19/h4,6-13,17-18,38H,5,16H2,1-3H3,(H3,31,32,33,34)/b6-4-,21-11+. The van der Waals surface area contributed by atoms with Crippen LogP contribution in [0.3, 0.4) is 0 Å². The highest BCUT2D eigenvalue weighted by atomic mass is 35.5. The highest BCUT2D eigenvalue weighted by Crippen LogP contribution is 2.26. The molecule has 198 valence electrons. The Bertz CT molecular complexity index is 1700. The van der Waals surface area contributed by atoms with Gasteiger partial charge in [0, 0.05) is 5.70 Å². The van der Waals surface area contributed by atoms with Crippen LogP contribution in [0, 0.1) is 11.8 Å². The van der Waals surface area contributed by atoms with Crippen molar-refractivity contribution in [2.45, 2.75) is 39.8 Å². The number of nitrogens with zero attached hydrogens (tertiary/aromatic N) is 5. The van der Waals surface area contributed by atoms with Gasteiger partial charge in [0.1, 0.15) is 35.0 Å². The number of aliphatic hydroxyl groups excluding tert-OH is 1. The van der Waals surface area contributed by atoms with E-state index in [1.165, 1.54) is 6.33 Å². The molecule has 0 saturated carbocycles. The number of benzene rings is 1. The normalized spacial score (nSPS) is 12.4. The molecule has 0 aliphatic heterocycles. The second-order valence-electron chi connectivity index (χ2n) is 8.55. The summed E-state index contributed by atoms with van der Waals surface area (Å²) < 4.78 is 1.59. The summed E-state index contributed by atoms with van der Waals surface area (Å²) in [7, 11) is 0. The van der Waals surface area contributed by atoms with Crippen molar-refractivity contribution >= 4 is 39.8 Å². The number of anilines is 2. The Labute approximate surface area is 231 Å². The van der Waals surface area contributed by atoms with Crippen LogP contribution >= 0.6 is 11.6 Å². The second-order valence-corrected chi connectivity index (χ2v) is 8.96. The molecule has 0 bridgehead atoms. The zero-order chi connectivity index (χ0) is 27.9. The van der Waals surface area contributed by atoms with Crippen LogP contribution in [0.15, 0.2) is 65.7 Å². The van der Waals surface area contributed by atoms with E-state index in [9.17, 15) is 9.90 Å². The van der Waals surface area contributed by atoms with Gasteiger partial charge in [0.15, 0.2) is 0 Å². The summed E-state index contributed by atoms with van der Waals surface area (Å²) in [4.78, 5) is 31.4. The number of nitrogen functional groups attached to an aromatic ring is 1. The molecule has 10 heteroatoms. The molecule has 1 unspecified atom stereocenters. The van der Waals surface area contributed by atoms with E-state index in [2.05, 4.69) is 32.1 Å². The number of halogens is 1. The van der Waals surface area contributed by atoms with Crippen molar-refractivity contribution in [2.75, 3.05) is 11.1 Å². The summed E-state index contributed by atoms with van der Waals surface area (Å²) in [6.07, 6.45) is 7.57. The lowest BCUT2D eigenvalue weighted by Crippen LogP contribution is -2.28. The first-order chi connectivity index (χ1) is 18.9. The van der Waals surface area contributed by atoms with E-state index in [1.807, 2.05) is 39.0 Å². The van der Waals surface area contributed by atoms with E-state index in [0.717, 1.165) is 5.70 Å². The van der Waals surface area contributed by atoms with Gasteiger partial charge in [-0.1, -0.05) is 48.7 Å². The van der Waals surface area contributed by atoms with E-state index >= 15 is 0 Å². The number of nitrogens with one attached hydrogen (secondary N) is 1. The average molecular weight is 542 g/mol. The summed E-state index contributed by atoms with van der Waals surface area (Å²) in [5.74, 6) is 6.99. The number of rotatable bonds is 7. The fourth-order valence-electron chi connectivity index (χ4n) is 4.00. The molecule has 0 amide bonds. The number of aromatic nitrogens is 5. The predicted molar refractivity (Wildman–Crippen MR) is 155 cm³/mol. The third-order valence-electron chi connectivity index (χ3n) is 5.90. The highest BCUT2D eigenvalue weighted by Gasteiger charge is 2.21. The molecular weight excluding hydrogens is 514 g/mol. The molecule has 4 rings (SSSR count). The summed E-state index contributed by atoms with van der Waals surface area (Å²) >= 11 is 6.42. The minimum atomic E-state index is -0.493. The third-order valence-corrected chi connectivity index (χ3v) is 6.22. The van der Waals surface area contributed by atoms with Gasteiger partial charge in [0.2, 0.25) is 0 Å². The fourth-order valence-corrected chi connectivity index (χ4v) is 4.25. The minimum absolute atomic E-state index is 0.184. The average Bonchev–Trinajstić information content (AvgIpc) is 2.93. The maximum Gasteiger partial charge on any atom is 0.267 e. The quantitative estimate of drug-likeness (QED) is 0.226. The molecule has 3 aromatic heterocycles. The van der Waals surface area contributed by atoms with Crippen molar-refractivity contribution in [2.24, 2.45) is 0 Å². The molecule has 39 heavy (non-hydrogen) atoms. The molecular formula is C29H28ClN7O2. The zero-order valence-corrected chi connectivity index (χ0v) is 22.6. The van der Waals surface area contributed by atoms with Crippen molar-refractivity contribution in [1.29, 1.82) is 0 Å². The molecule has 4 N–H and O–H groups in total. The molecule has 4 aromatic rings. The van der Waals surface area contributed by atoms with Gasteiger partial charge < -0.3 is 16.2 Å². The summed E-state index contributed by atoms with van der Waals surface area (Å²) in [6.45, 7) is 5.56. The second kappa shape index (κ2) is 12.3. The third kappa shape index (κ3) is 5.98. The molecule has 0 aliphatic rings. The van der Waals surface area contributed by atoms with Gasteiger partial charge in [0.25, 0.3) is 5.56 Å². The lowest BCUT2D eigenvalue weighted by molar-refractivity contribution is 0.277. The number of pyridine rings is 1. The highest BCUT2D eigenvalue weighted by molar-refractivity contribution is 6.35. The molecule has 1 atom stereocenters. The van der Waals surface area contributed by atoms with Gasteiger partial charge in [-0.3, -0.25) is 9.36 Å². The predicted octanol–water partition coefficient (Wildman–Crippen LogP) is 4.71. The first-order valence-corrected chi connectivity index (χ1v) is 12.7. The van der Waals surface area contributed by atoms with Gasteiger partial charge >= 0.3 is 0 Å². The SMILES string of the molecule is C/C=C\C=C(/CC)n1c(C(C)Nc2ncnc(N)c2C#Cc2cccc(CO)n2)nc2cccc(Cl)c2c1=O. The smallest absolute Gasteiger partial charge is 0.267 e. The van der Waals surface area contributed by atoms with Gasteiger partial charge in [-0.15, -0.1) is 0 Å². The van der Waals surface area contributed by atoms with Crippen LogP contribution in [0.5, 0.6) is 0 Å². The fraction of sp³-hybridized carbons (Fsp3) is 0.207. The van der Waals surface area contributed by atoms with Gasteiger partial charge in [-0.2, -0.15) is 0 Å². The zero-order valence-electron chi connectivity index (χ0n) is 21.8. The Kier molecular flexibility index (Phi) is 8.71. The van der Waals surface area contributed by atoms with Crippen molar-refractivity contribution < 1.29 is 5.11 Å². The summed E-state index contributed by atoms with van der Waals surface area (Å²) in [6, 6.07) is 9.91. The van der Waals surface area contributed by atoms with Crippen molar-refractivity contribution in [1.82, 2.24) is 24.5 Å². The van der Waals surface area contributed by atoms with Crippen LogP contribution in [0.25, 0.3) is 16.6 Å². The molecule has 0 radical (unpaired) electrons. The molecule has 0 fully saturated rings. The number of hydrogen-bond acceptors (Lipinski definition) is 8. The number of fused-ring (bicyclic) bond motifs is 1. The molecule has 0 saturated heterocycles. The maximum atomic E-state index is 13.8. The largest absolute Gasteiger partial charge is 0.390 e.